The topological polar surface area (TPSA) is 119 Å². The van der Waals surface area contributed by atoms with Gasteiger partial charge in [0.15, 0.2) is 15.9 Å². The zero-order chi connectivity index (χ0) is 27.0. The Balaban J connectivity index is 1.60. The summed E-state index contributed by atoms with van der Waals surface area (Å²) < 4.78 is 62.7. The van der Waals surface area contributed by atoms with Crippen molar-refractivity contribution in [1.29, 1.82) is 0 Å². The van der Waals surface area contributed by atoms with E-state index in [1.165, 1.54) is 55.6 Å². The monoisotopic (exact) mass is 564 g/mol. The third-order valence-corrected chi connectivity index (χ3v) is 9.05. The third kappa shape index (κ3) is 5.68. The van der Waals surface area contributed by atoms with Gasteiger partial charge in [0, 0.05) is 11.3 Å². The third-order valence-electron chi connectivity index (χ3n) is 5.90. The Labute approximate surface area is 220 Å². The summed E-state index contributed by atoms with van der Waals surface area (Å²) in [6.07, 6.45) is -0.0378. The van der Waals surface area contributed by atoms with E-state index in [0.29, 0.717) is 16.3 Å². The number of rotatable bonds is 7. The van der Waals surface area contributed by atoms with E-state index in [9.17, 15) is 21.6 Å². The Morgan fingerprint density at radius 2 is 1.65 bits per heavy atom. The molecule has 1 heterocycles. The minimum Gasteiger partial charge on any atom is -0.497 e. The maximum absolute atomic E-state index is 13.6. The Morgan fingerprint density at radius 1 is 1.03 bits per heavy atom. The van der Waals surface area contributed by atoms with Crippen LogP contribution < -0.4 is 19.1 Å². The molecule has 3 aromatic carbocycles. The number of sulfonamides is 1. The molecule has 2 atom stereocenters. The maximum Gasteiger partial charge on any atom is 0.264 e. The molecule has 9 nitrogen and oxygen atoms in total. The van der Waals surface area contributed by atoms with Crippen molar-refractivity contribution >= 4 is 43.1 Å². The molecule has 0 spiro atoms. The molecule has 0 fully saturated rings. The number of anilines is 1. The summed E-state index contributed by atoms with van der Waals surface area (Å²) >= 11 is 6.14. The van der Waals surface area contributed by atoms with Crippen LogP contribution in [0.3, 0.4) is 0 Å². The van der Waals surface area contributed by atoms with Crippen molar-refractivity contribution in [3.05, 3.63) is 77.3 Å². The second-order valence-corrected chi connectivity index (χ2v) is 12.8. The highest BCUT2D eigenvalue weighted by Crippen LogP contribution is 2.39. The number of nitrogens with one attached hydrogen (secondary N) is 1. The van der Waals surface area contributed by atoms with Gasteiger partial charge in [0.25, 0.3) is 15.9 Å². The summed E-state index contributed by atoms with van der Waals surface area (Å²) in [7, 11) is -5.95. The predicted molar refractivity (Wildman–Crippen MR) is 140 cm³/mol. The predicted octanol–water partition coefficient (Wildman–Crippen LogP) is 3.59. The van der Waals surface area contributed by atoms with E-state index in [2.05, 4.69) is 5.32 Å². The van der Waals surface area contributed by atoms with Crippen molar-refractivity contribution in [3.8, 4) is 11.5 Å². The minimum absolute atomic E-state index is 0.0135. The number of carbonyl (C=O) groups is 1. The highest BCUT2D eigenvalue weighted by molar-refractivity contribution is 7.92. The number of ether oxygens (including phenoxy) is 2. The van der Waals surface area contributed by atoms with Gasteiger partial charge in [-0.05, 0) is 67.1 Å². The average Bonchev–Trinajstić information content (AvgIpc) is 2.87. The molecule has 0 aliphatic carbocycles. The molecule has 37 heavy (non-hydrogen) atoms. The van der Waals surface area contributed by atoms with Crippen molar-refractivity contribution in [2.45, 2.75) is 28.9 Å². The molecule has 0 bridgehead atoms. The van der Waals surface area contributed by atoms with E-state index in [0.717, 1.165) is 10.6 Å². The van der Waals surface area contributed by atoms with Gasteiger partial charge in [0.2, 0.25) is 0 Å². The van der Waals surface area contributed by atoms with Crippen LogP contribution in [-0.4, -0.2) is 48.8 Å². The quantitative estimate of drug-likeness (QED) is 0.466. The molecule has 12 heteroatoms. The van der Waals surface area contributed by atoms with E-state index in [-0.39, 0.29) is 27.8 Å². The summed E-state index contributed by atoms with van der Waals surface area (Å²) in [5.74, 6) is 0.161. The van der Waals surface area contributed by atoms with Gasteiger partial charge >= 0.3 is 0 Å². The highest BCUT2D eigenvalue weighted by Gasteiger charge is 2.38. The molecule has 0 radical (unpaired) electrons. The Bertz CT molecular complexity index is 1520. The van der Waals surface area contributed by atoms with Crippen LogP contribution in [0.4, 0.5) is 5.69 Å². The first kappa shape index (κ1) is 26.8. The lowest BCUT2D eigenvalue weighted by molar-refractivity contribution is -0.128. The fraction of sp³-hybridized carbons (Fsp3) is 0.240. The van der Waals surface area contributed by atoms with E-state index in [4.69, 9.17) is 21.1 Å². The van der Waals surface area contributed by atoms with Crippen molar-refractivity contribution < 1.29 is 31.1 Å². The molecule has 0 unspecified atom stereocenters. The summed E-state index contributed by atoms with van der Waals surface area (Å²) in [4.78, 5) is 13.4. The average molecular weight is 565 g/mol. The Hall–Kier alpha value is -3.28. The van der Waals surface area contributed by atoms with Crippen LogP contribution >= 0.6 is 11.6 Å². The molecular formula is C25H25ClN2O7S2. The van der Waals surface area contributed by atoms with Crippen molar-refractivity contribution in [2.75, 3.05) is 24.2 Å². The van der Waals surface area contributed by atoms with Crippen LogP contribution in [0.25, 0.3) is 0 Å². The van der Waals surface area contributed by atoms with E-state index in [1.807, 2.05) is 0 Å². The smallest absolute Gasteiger partial charge is 0.264 e. The number of halogens is 1. The van der Waals surface area contributed by atoms with Crippen molar-refractivity contribution in [3.63, 3.8) is 0 Å². The second-order valence-electron chi connectivity index (χ2n) is 8.50. The van der Waals surface area contributed by atoms with Gasteiger partial charge in [-0.1, -0.05) is 23.7 Å². The summed E-state index contributed by atoms with van der Waals surface area (Å²) in [6.45, 7) is 1.45. The minimum atomic E-state index is -4.08. The number of hydrogen-bond acceptors (Lipinski definition) is 7. The van der Waals surface area contributed by atoms with Gasteiger partial charge in [0.1, 0.15) is 11.5 Å². The molecule has 4 rings (SSSR count). The van der Waals surface area contributed by atoms with Crippen LogP contribution in [0.15, 0.2) is 76.5 Å². The molecule has 1 N–H and O–H groups in total. The van der Waals surface area contributed by atoms with Crippen molar-refractivity contribution in [1.82, 2.24) is 5.32 Å². The Kier molecular flexibility index (Phi) is 7.40. The number of carbonyl (C=O) groups excluding carboxylic acids is 1. The van der Waals surface area contributed by atoms with Crippen LogP contribution in [0.1, 0.15) is 18.5 Å². The summed E-state index contributed by atoms with van der Waals surface area (Å²) in [5.41, 5.74) is 0.892. The summed E-state index contributed by atoms with van der Waals surface area (Å²) in [6, 6.07) is 16.1. The maximum atomic E-state index is 13.6. The molecule has 3 aromatic rings. The molecule has 1 aliphatic rings. The number of sulfone groups is 1. The van der Waals surface area contributed by atoms with Gasteiger partial charge in [-0.15, -0.1) is 0 Å². The zero-order valence-corrected chi connectivity index (χ0v) is 22.6. The number of methoxy groups -OCH3 is 1. The van der Waals surface area contributed by atoms with Gasteiger partial charge in [-0.2, -0.15) is 0 Å². The zero-order valence-electron chi connectivity index (χ0n) is 20.2. The molecule has 1 aliphatic heterocycles. The normalized spacial score (nSPS) is 16.3. The van der Waals surface area contributed by atoms with Gasteiger partial charge in [-0.25, -0.2) is 16.8 Å². The van der Waals surface area contributed by atoms with Crippen molar-refractivity contribution in [2.24, 2.45) is 0 Å². The number of fused-ring (bicyclic) bond motifs is 1. The molecular weight excluding hydrogens is 540 g/mol. The first-order valence-corrected chi connectivity index (χ1v) is 14.8. The standard InChI is InChI=1S/C25H25ClN2O7S2/c1-16(17-4-9-20(10-5-17)36(3,30)31)27-25(29)24-15-28(22-14-18(26)6-13-23(22)35-24)37(32,33)21-11-7-19(34-2)8-12-21/h4-14,16,24H,15H2,1-3H3,(H,27,29)/t16-,24-/m1/s1. The molecule has 0 saturated heterocycles. The molecule has 0 aromatic heterocycles. The first-order chi connectivity index (χ1) is 17.4. The number of hydrogen-bond donors (Lipinski definition) is 1. The summed E-state index contributed by atoms with van der Waals surface area (Å²) in [5, 5.41) is 3.13. The van der Waals surface area contributed by atoms with Crippen LogP contribution in [0.5, 0.6) is 11.5 Å². The van der Waals surface area contributed by atoms with E-state index >= 15 is 0 Å². The molecule has 196 valence electrons. The van der Waals surface area contributed by atoms with Crippen LogP contribution in [0, 0.1) is 0 Å². The van der Waals surface area contributed by atoms with E-state index in [1.54, 1.807) is 25.1 Å². The number of benzene rings is 3. The van der Waals surface area contributed by atoms with Gasteiger partial charge < -0.3 is 14.8 Å². The lowest BCUT2D eigenvalue weighted by Gasteiger charge is -2.35. The lowest BCUT2D eigenvalue weighted by Crippen LogP contribution is -2.51. The van der Waals surface area contributed by atoms with Gasteiger partial charge in [-0.3, -0.25) is 9.10 Å². The van der Waals surface area contributed by atoms with Crippen LogP contribution in [-0.2, 0) is 24.7 Å². The molecule has 0 saturated carbocycles. The molecule has 1 amide bonds. The Morgan fingerprint density at radius 3 is 2.24 bits per heavy atom. The van der Waals surface area contributed by atoms with E-state index < -0.39 is 37.9 Å². The SMILES string of the molecule is COc1ccc(S(=O)(=O)N2C[C@H](C(=O)N[C@H](C)c3ccc(S(C)(=O)=O)cc3)Oc3ccc(Cl)cc32)cc1. The van der Waals surface area contributed by atoms with Crippen LogP contribution in [0.2, 0.25) is 5.02 Å². The fourth-order valence-electron chi connectivity index (χ4n) is 3.86. The van der Waals surface area contributed by atoms with Gasteiger partial charge in [0.05, 0.1) is 35.2 Å². The second kappa shape index (κ2) is 10.2. The largest absolute Gasteiger partial charge is 0.497 e. The highest BCUT2D eigenvalue weighted by atomic mass is 35.5. The number of nitrogens with zero attached hydrogens (tertiary/aromatic N) is 1. The fourth-order valence-corrected chi connectivity index (χ4v) is 6.12. The lowest BCUT2D eigenvalue weighted by atomic mass is 10.1. The first-order valence-electron chi connectivity index (χ1n) is 11.1. The number of amides is 1.